The molecule has 0 spiro atoms. The Morgan fingerprint density at radius 3 is 2.16 bits per heavy atom. The Hall–Kier alpha value is -2.32. The second kappa shape index (κ2) is 11.9. The van der Waals surface area contributed by atoms with Gasteiger partial charge in [-0.15, -0.1) is 0 Å². The monoisotopic (exact) mass is 430 g/mol. The topological polar surface area (TPSA) is 63.7 Å². The van der Waals surface area contributed by atoms with Gasteiger partial charge in [-0.3, -0.25) is 9.89 Å². The van der Waals surface area contributed by atoms with Crippen molar-refractivity contribution in [2.75, 3.05) is 72.6 Å². The molecule has 0 unspecified atom stereocenters. The van der Waals surface area contributed by atoms with Crippen LogP contribution in [0.4, 0.5) is 4.79 Å². The summed E-state index contributed by atoms with van der Waals surface area (Å²) in [6.45, 7) is 14.7. The highest BCUT2D eigenvalue weighted by molar-refractivity contribution is 5.80. The number of aliphatic imine (C=N–C) groups is 1. The zero-order chi connectivity index (χ0) is 22.1. The maximum absolute atomic E-state index is 11.9. The molecule has 172 valence electrons. The lowest BCUT2D eigenvalue weighted by atomic mass is 10.1. The van der Waals surface area contributed by atoms with Crippen LogP contribution in [0, 0.1) is 0 Å². The molecule has 3 rings (SSSR count). The molecule has 0 radical (unpaired) electrons. The van der Waals surface area contributed by atoms with Crippen molar-refractivity contribution in [3.05, 3.63) is 35.4 Å². The molecule has 2 saturated heterocycles. The Kier molecular flexibility index (Phi) is 8.97. The van der Waals surface area contributed by atoms with Crippen LogP contribution in [0.2, 0.25) is 0 Å². The van der Waals surface area contributed by atoms with Gasteiger partial charge in [0.15, 0.2) is 5.96 Å². The summed E-state index contributed by atoms with van der Waals surface area (Å²) in [5.74, 6) is 0.884. The predicted molar refractivity (Wildman–Crippen MR) is 124 cm³/mol. The maximum atomic E-state index is 11.9. The minimum atomic E-state index is -0.223. The molecule has 2 aliphatic rings. The van der Waals surface area contributed by atoms with Gasteiger partial charge in [0, 0.05) is 72.5 Å². The minimum absolute atomic E-state index is 0.223. The van der Waals surface area contributed by atoms with E-state index in [1.54, 1.807) is 4.90 Å². The van der Waals surface area contributed by atoms with E-state index in [2.05, 4.69) is 56.2 Å². The van der Waals surface area contributed by atoms with Crippen LogP contribution in [0.25, 0.3) is 0 Å². The highest BCUT2D eigenvalue weighted by Crippen LogP contribution is 2.14. The SMILES string of the molecule is CCOC(=O)N1CCN(C(=NC)NCc2ccccc2CN2CCN(CC)CC2)CC1. The van der Waals surface area contributed by atoms with E-state index < -0.39 is 0 Å². The average Bonchev–Trinajstić information content (AvgIpc) is 2.81. The number of ether oxygens (including phenoxy) is 1. The normalized spacial score (nSPS) is 18.9. The third-order valence-corrected chi connectivity index (χ3v) is 6.18. The number of likely N-dealkylation sites (N-methyl/N-ethyl adjacent to an activating group) is 1. The average molecular weight is 431 g/mol. The lowest BCUT2D eigenvalue weighted by molar-refractivity contribution is 0.0914. The Bertz CT molecular complexity index is 725. The van der Waals surface area contributed by atoms with Gasteiger partial charge >= 0.3 is 6.09 Å². The minimum Gasteiger partial charge on any atom is -0.450 e. The molecule has 1 N–H and O–H groups in total. The van der Waals surface area contributed by atoms with Crippen LogP contribution in [-0.4, -0.2) is 104 Å². The summed E-state index contributed by atoms with van der Waals surface area (Å²) in [5, 5.41) is 3.53. The third kappa shape index (κ3) is 6.58. The van der Waals surface area contributed by atoms with Crippen LogP contribution in [0.3, 0.4) is 0 Å². The molecule has 2 fully saturated rings. The van der Waals surface area contributed by atoms with Crippen molar-refractivity contribution < 1.29 is 9.53 Å². The number of rotatable bonds is 6. The quantitative estimate of drug-likeness (QED) is 0.547. The second-order valence-electron chi connectivity index (χ2n) is 8.05. The fourth-order valence-electron chi connectivity index (χ4n) is 4.21. The van der Waals surface area contributed by atoms with Crippen LogP contribution >= 0.6 is 0 Å². The molecule has 8 heteroatoms. The van der Waals surface area contributed by atoms with E-state index in [4.69, 9.17) is 4.74 Å². The van der Waals surface area contributed by atoms with E-state index in [-0.39, 0.29) is 6.09 Å². The Morgan fingerprint density at radius 1 is 0.935 bits per heavy atom. The Balaban J connectivity index is 1.52. The summed E-state index contributed by atoms with van der Waals surface area (Å²) in [5.41, 5.74) is 2.69. The molecule has 31 heavy (non-hydrogen) atoms. The van der Waals surface area contributed by atoms with Gasteiger partial charge in [0.05, 0.1) is 6.61 Å². The summed E-state index contributed by atoms with van der Waals surface area (Å²) in [7, 11) is 1.82. The first kappa shape index (κ1) is 23.3. The van der Waals surface area contributed by atoms with E-state index in [1.807, 2.05) is 14.0 Å². The zero-order valence-corrected chi connectivity index (χ0v) is 19.3. The molecular formula is C23H38N6O2. The molecule has 2 aliphatic heterocycles. The van der Waals surface area contributed by atoms with Crippen molar-refractivity contribution in [2.45, 2.75) is 26.9 Å². The van der Waals surface area contributed by atoms with Crippen molar-refractivity contribution in [1.29, 1.82) is 0 Å². The largest absolute Gasteiger partial charge is 0.450 e. The van der Waals surface area contributed by atoms with Crippen molar-refractivity contribution in [3.63, 3.8) is 0 Å². The Labute approximate surface area is 186 Å². The summed E-state index contributed by atoms with van der Waals surface area (Å²) in [6.07, 6.45) is -0.223. The van der Waals surface area contributed by atoms with E-state index >= 15 is 0 Å². The number of benzene rings is 1. The zero-order valence-electron chi connectivity index (χ0n) is 19.3. The maximum Gasteiger partial charge on any atom is 0.409 e. The number of hydrogen-bond donors (Lipinski definition) is 1. The number of carbonyl (C=O) groups excluding carboxylic acids is 1. The fourth-order valence-corrected chi connectivity index (χ4v) is 4.21. The standard InChI is InChI=1S/C23H38N6O2/c1-4-26-10-12-27(13-11-26)19-21-9-7-6-8-20(21)18-25-22(24-3)28-14-16-29(17-15-28)23(30)31-5-2/h6-9H,4-5,10-19H2,1-3H3,(H,24,25). The fraction of sp³-hybridized carbons (Fsp3) is 0.652. The number of guanidine groups is 1. The van der Waals surface area contributed by atoms with Gasteiger partial charge < -0.3 is 24.8 Å². The number of carbonyl (C=O) groups is 1. The van der Waals surface area contributed by atoms with Gasteiger partial charge in [0.25, 0.3) is 0 Å². The third-order valence-electron chi connectivity index (χ3n) is 6.18. The molecular weight excluding hydrogens is 392 g/mol. The summed E-state index contributed by atoms with van der Waals surface area (Å²) in [6, 6.07) is 8.68. The number of hydrogen-bond acceptors (Lipinski definition) is 5. The molecule has 8 nitrogen and oxygen atoms in total. The molecule has 0 aliphatic carbocycles. The van der Waals surface area contributed by atoms with Gasteiger partial charge in [0.2, 0.25) is 0 Å². The molecule has 0 bridgehead atoms. The van der Waals surface area contributed by atoms with Gasteiger partial charge in [-0.05, 0) is 24.6 Å². The van der Waals surface area contributed by atoms with Crippen LogP contribution in [0.5, 0.6) is 0 Å². The predicted octanol–water partition coefficient (Wildman–Crippen LogP) is 1.67. The van der Waals surface area contributed by atoms with Gasteiger partial charge in [-0.25, -0.2) is 4.79 Å². The molecule has 0 atom stereocenters. The van der Waals surface area contributed by atoms with E-state index in [1.165, 1.54) is 11.1 Å². The first-order valence-electron chi connectivity index (χ1n) is 11.5. The molecule has 0 saturated carbocycles. The van der Waals surface area contributed by atoms with Crippen molar-refractivity contribution in [2.24, 2.45) is 4.99 Å². The number of amides is 1. The highest BCUT2D eigenvalue weighted by atomic mass is 16.6. The number of piperazine rings is 2. The molecule has 1 amide bonds. The first-order valence-corrected chi connectivity index (χ1v) is 11.5. The first-order chi connectivity index (χ1) is 15.1. The number of nitrogens with zero attached hydrogens (tertiary/aromatic N) is 5. The van der Waals surface area contributed by atoms with Crippen LogP contribution in [0.15, 0.2) is 29.3 Å². The van der Waals surface area contributed by atoms with Gasteiger partial charge in [-0.2, -0.15) is 0 Å². The lowest BCUT2D eigenvalue weighted by Gasteiger charge is -2.36. The summed E-state index contributed by atoms with van der Waals surface area (Å²) < 4.78 is 5.11. The molecule has 1 aromatic carbocycles. The summed E-state index contributed by atoms with van der Waals surface area (Å²) in [4.78, 5) is 25.4. The van der Waals surface area contributed by atoms with Crippen molar-refractivity contribution in [1.82, 2.24) is 24.9 Å². The smallest absolute Gasteiger partial charge is 0.409 e. The Morgan fingerprint density at radius 2 is 1.55 bits per heavy atom. The lowest BCUT2D eigenvalue weighted by Crippen LogP contribution is -2.53. The molecule has 1 aromatic rings. The van der Waals surface area contributed by atoms with Crippen molar-refractivity contribution in [3.8, 4) is 0 Å². The number of nitrogens with one attached hydrogen (secondary N) is 1. The second-order valence-corrected chi connectivity index (χ2v) is 8.05. The van der Waals surface area contributed by atoms with Crippen LogP contribution in [-0.2, 0) is 17.8 Å². The van der Waals surface area contributed by atoms with Gasteiger partial charge in [0.1, 0.15) is 0 Å². The highest BCUT2D eigenvalue weighted by Gasteiger charge is 2.24. The van der Waals surface area contributed by atoms with Crippen molar-refractivity contribution >= 4 is 12.1 Å². The summed E-state index contributed by atoms with van der Waals surface area (Å²) >= 11 is 0. The molecule has 2 heterocycles. The van der Waals surface area contributed by atoms with Crippen LogP contribution < -0.4 is 5.32 Å². The van der Waals surface area contributed by atoms with E-state index in [0.29, 0.717) is 19.7 Å². The molecule has 0 aromatic heterocycles. The van der Waals surface area contributed by atoms with Crippen LogP contribution in [0.1, 0.15) is 25.0 Å². The van der Waals surface area contributed by atoms with E-state index in [0.717, 1.165) is 64.9 Å². The van der Waals surface area contributed by atoms with Gasteiger partial charge in [-0.1, -0.05) is 31.2 Å². The van der Waals surface area contributed by atoms with E-state index in [9.17, 15) is 4.79 Å².